The zero-order valence-corrected chi connectivity index (χ0v) is 10.4. The normalized spacial score (nSPS) is 10.4. The Balaban J connectivity index is 2.42. The van der Waals surface area contributed by atoms with Gasteiger partial charge in [0.2, 0.25) is 0 Å². The van der Waals surface area contributed by atoms with Crippen LogP contribution in [0.15, 0.2) is 30.6 Å². The topological polar surface area (TPSA) is 25.8 Å². The Hall–Kier alpha value is -0.830. The summed E-state index contributed by atoms with van der Waals surface area (Å²) in [5, 5.41) is 1.12. The van der Waals surface area contributed by atoms with E-state index in [1.54, 1.807) is 30.6 Å². The highest BCUT2D eigenvalue weighted by Crippen LogP contribution is 2.27. The molecule has 0 saturated heterocycles. The van der Waals surface area contributed by atoms with Gasteiger partial charge in [0.15, 0.2) is 5.82 Å². The first-order valence-electron chi connectivity index (χ1n) is 4.53. The minimum absolute atomic E-state index is 0.397. The SMILES string of the molecule is ClCc1cnc(-c2ccc(Cl)cc2Cl)nc1. The summed E-state index contributed by atoms with van der Waals surface area (Å²) in [6.45, 7) is 0. The fourth-order valence-corrected chi connectivity index (χ4v) is 1.86. The average molecular weight is 274 g/mol. The second-order valence-electron chi connectivity index (χ2n) is 3.17. The molecular weight excluding hydrogens is 266 g/mol. The molecule has 1 aromatic heterocycles. The van der Waals surface area contributed by atoms with E-state index in [-0.39, 0.29) is 0 Å². The third-order valence-electron chi connectivity index (χ3n) is 2.03. The van der Waals surface area contributed by atoms with Crippen LogP contribution in [-0.2, 0) is 5.88 Å². The monoisotopic (exact) mass is 272 g/mol. The molecule has 16 heavy (non-hydrogen) atoms. The van der Waals surface area contributed by atoms with Crippen LogP contribution in [0, 0.1) is 0 Å². The van der Waals surface area contributed by atoms with Crippen LogP contribution < -0.4 is 0 Å². The first-order chi connectivity index (χ1) is 7.70. The van der Waals surface area contributed by atoms with Crippen LogP contribution in [0.3, 0.4) is 0 Å². The Bertz CT molecular complexity index is 497. The fourth-order valence-electron chi connectivity index (χ4n) is 1.23. The van der Waals surface area contributed by atoms with Crippen molar-refractivity contribution in [2.45, 2.75) is 5.88 Å². The minimum atomic E-state index is 0.397. The van der Waals surface area contributed by atoms with E-state index >= 15 is 0 Å². The van der Waals surface area contributed by atoms with Crippen molar-refractivity contribution in [1.29, 1.82) is 0 Å². The maximum atomic E-state index is 6.05. The van der Waals surface area contributed by atoms with Gasteiger partial charge in [-0.25, -0.2) is 9.97 Å². The van der Waals surface area contributed by atoms with Gasteiger partial charge in [-0.1, -0.05) is 23.2 Å². The summed E-state index contributed by atoms with van der Waals surface area (Å²) < 4.78 is 0. The van der Waals surface area contributed by atoms with Gasteiger partial charge in [-0.3, -0.25) is 0 Å². The molecule has 0 bridgehead atoms. The largest absolute Gasteiger partial charge is 0.236 e. The Kier molecular flexibility index (Phi) is 3.64. The van der Waals surface area contributed by atoms with Crippen molar-refractivity contribution in [3.63, 3.8) is 0 Å². The van der Waals surface area contributed by atoms with Gasteiger partial charge < -0.3 is 0 Å². The molecule has 2 aromatic rings. The molecule has 0 aliphatic heterocycles. The van der Waals surface area contributed by atoms with Crippen LogP contribution in [0.5, 0.6) is 0 Å². The molecule has 0 atom stereocenters. The number of nitrogens with zero attached hydrogens (tertiary/aromatic N) is 2. The molecule has 0 saturated carbocycles. The predicted octanol–water partition coefficient (Wildman–Crippen LogP) is 4.19. The van der Waals surface area contributed by atoms with Crippen molar-refractivity contribution in [3.05, 3.63) is 46.2 Å². The number of hydrogen-bond acceptors (Lipinski definition) is 2. The highest BCUT2D eigenvalue weighted by molar-refractivity contribution is 6.36. The Morgan fingerprint density at radius 1 is 1.06 bits per heavy atom. The molecule has 0 radical (unpaired) electrons. The van der Waals surface area contributed by atoms with Crippen LogP contribution in [0.25, 0.3) is 11.4 Å². The van der Waals surface area contributed by atoms with Crippen LogP contribution in [0.2, 0.25) is 10.0 Å². The Morgan fingerprint density at radius 3 is 2.31 bits per heavy atom. The van der Waals surface area contributed by atoms with Crippen molar-refractivity contribution in [2.75, 3.05) is 0 Å². The molecule has 0 unspecified atom stereocenters. The first kappa shape index (κ1) is 11.6. The van der Waals surface area contributed by atoms with E-state index in [2.05, 4.69) is 9.97 Å². The molecule has 0 aliphatic carbocycles. The second-order valence-corrected chi connectivity index (χ2v) is 4.28. The van der Waals surface area contributed by atoms with Gasteiger partial charge in [-0.05, 0) is 18.2 Å². The summed E-state index contributed by atoms with van der Waals surface area (Å²) >= 11 is 17.5. The van der Waals surface area contributed by atoms with Crippen molar-refractivity contribution >= 4 is 34.8 Å². The van der Waals surface area contributed by atoms with Gasteiger partial charge in [-0.2, -0.15) is 0 Å². The molecule has 0 amide bonds. The summed E-state index contributed by atoms with van der Waals surface area (Å²) in [7, 11) is 0. The quantitative estimate of drug-likeness (QED) is 0.767. The lowest BCUT2D eigenvalue weighted by molar-refractivity contribution is 1.13. The van der Waals surface area contributed by atoms with Gasteiger partial charge in [0, 0.05) is 28.5 Å². The number of alkyl halides is 1. The average Bonchev–Trinajstić information content (AvgIpc) is 2.29. The molecule has 82 valence electrons. The summed E-state index contributed by atoms with van der Waals surface area (Å²) in [6.07, 6.45) is 3.36. The third-order valence-corrected chi connectivity index (χ3v) is 2.89. The highest BCUT2D eigenvalue weighted by atomic mass is 35.5. The smallest absolute Gasteiger partial charge is 0.160 e. The molecule has 0 aliphatic rings. The maximum absolute atomic E-state index is 6.05. The number of halogens is 3. The lowest BCUT2D eigenvalue weighted by Gasteiger charge is -2.03. The lowest BCUT2D eigenvalue weighted by atomic mass is 10.2. The number of rotatable bonds is 2. The summed E-state index contributed by atoms with van der Waals surface area (Å²) in [4.78, 5) is 8.37. The minimum Gasteiger partial charge on any atom is -0.236 e. The van der Waals surface area contributed by atoms with Crippen LogP contribution >= 0.6 is 34.8 Å². The van der Waals surface area contributed by atoms with E-state index in [1.807, 2.05) is 0 Å². The van der Waals surface area contributed by atoms with Crippen LogP contribution in [0.1, 0.15) is 5.56 Å². The van der Waals surface area contributed by atoms with Crippen molar-refractivity contribution in [2.24, 2.45) is 0 Å². The van der Waals surface area contributed by atoms with Gasteiger partial charge in [-0.15, -0.1) is 11.6 Å². The van der Waals surface area contributed by atoms with E-state index in [9.17, 15) is 0 Å². The molecule has 0 fully saturated rings. The zero-order chi connectivity index (χ0) is 11.5. The number of aromatic nitrogens is 2. The first-order valence-corrected chi connectivity index (χ1v) is 5.82. The molecular formula is C11H7Cl3N2. The second kappa shape index (κ2) is 5.00. The Morgan fingerprint density at radius 2 is 1.75 bits per heavy atom. The summed E-state index contributed by atoms with van der Waals surface area (Å²) in [6, 6.07) is 5.21. The van der Waals surface area contributed by atoms with Gasteiger partial charge in [0.05, 0.1) is 10.9 Å². The predicted molar refractivity (Wildman–Crippen MR) is 67.0 cm³/mol. The van der Waals surface area contributed by atoms with Gasteiger partial charge >= 0.3 is 0 Å². The van der Waals surface area contributed by atoms with E-state index in [4.69, 9.17) is 34.8 Å². The van der Waals surface area contributed by atoms with Crippen molar-refractivity contribution in [3.8, 4) is 11.4 Å². The van der Waals surface area contributed by atoms with Gasteiger partial charge in [0.1, 0.15) is 0 Å². The summed E-state index contributed by atoms with van der Waals surface area (Å²) in [5.74, 6) is 0.963. The molecule has 0 N–H and O–H groups in total. The molecule has 0 spiro atoms. The standard InChI is InChI=1S/C11H7Cl3N2/c12-4-7-5-15-11(16-6-7)9-2-1-8(13)3-10(9)14/h1-3,5-6H,4H2. The fraction of sp³-hybridized carbons (Fsp3) is 0.0909. The molecule has 2 rings (SSSR count). The van der Waals surface area contributed by atoms with Crippen LogP contribution in [0.4, 0.5) is 0 Å². The number of hydrogen-bond donors (Lipinski definition) is 0. The molecule has 2 nitrogen and oxygen atoms in total. The maximum Gasteiger partial charge on any atom is 0.160 e. The van der Waals surface area contributed by atoms with Crippen LogP contribution in [-0.4, -0.2) is 9.97 Å². The lowest BCUT2D eigenvalue weighted by Crippen LogP contribution is -1.91. The summed E-state index contributed by atoms with van der Waals surface area (Å²) in [5.41, 5.74) is 1.63. The number of benzene rings is 1. The van der Waals surface area contributed by atoms with Crippen molar-refractivity contribution < 1.29 is 0 Å². The Labute approximate surface area is 108 Å². The highest BCUT2D eigenvalue weighted by Gasteiger charge is 2.06. The van der Waals surface area contributed by atoms with E-state index < -0.39 is 0 Å². The molecule has 1 aromatic carbocycles. The third kappa shape index (κ3) is 2.46. The van der Waals surface area contributed by atoms with Gasteiger partial charge in [0.25, 0.3) is 0 Å². The molecule has 5 heteroatoms. The van der Waals surface area contributed by atoms with E-state index in [0.29, 0.717) is 21.7 Å². The molecule has 1 heterocycles. The van der Waals surface area contributed by atoms with Crippen molar-refractivity contribution in [1.82, 2.24) is 9.97 Å². The zero-order valence-electron chi connectivity index (χ0n) is 8.12. The van der Waals surface area contributed by atoms with E-state index in [0.717, 1.165) is 11.1 Å². The van der Waals surface area contributed by atoms with E-state index in [1.165, 1.54) is 0 Å².